The predicted octanol–water partition coefficient (Wildman–Crippen LogP) is 2.33. The van der Waals surface area contributed by atoms with E-state index in [0.29, 0.717) is 11.9 Å². The minimum absolute atomic E-state index is 0.292. The first-order chi connectivity index (χ1) is 8.16. The Labute approximate surface area is 104 Å². The van der Waals surface area contributed by atoms with Crippen LogP contribution in [0.5, 0.6) is 0 Å². The van der Waals surface area contributed by atoms with Crippen LogP contribution in [-0.4, -0.2) is 28.7 Å². The van der Waals surface area contributed by atoms with Gasteiger partial charge in [-0.2, -0.15) is 4.98 Å². The number of hydrogen-bond acceptors (Lipinski definition) is 6. The Morgan fingerprint density at radius 3 is 2.88 bits per heavy atom. The highest BCUT2D eigenvalue weighted by Crippen LogP contribution is 2.15. The fourth-order valence-corrected chi connectivity index (χ4v) is 1.96. The van der Waals surface area contributed by atoms with Gasteiger partial charge in [-0.25, -0.2) is 4.98 Å². The summed E-state index contributed by atoms with van der Waals surface area (Å²) in [6.45, 7) is 4.92. The molecule has 0 amide bonds. The molecule has 0 N–H and O–H groups in total. The Bertz CT molecular complexity index is 452. The zero-order valence-electron chi connectivity index (χ0n) is 10.3. The molecule has 2 heterocycles. The van der Waals surface area contributed by atoms with Gasteiger partial charge in [-0.1, -0.05) is 19.0 Å². The smallest absolute Gasteiger partial charge is 0.323 e. The lowest BCUT2D eigenvalue weighted by Gasteiger charge is -2.11. The van der Waals surface area contributed by atoms with Crippen molar-refractivity contribution >= 4 is 17.4 Å². The van der Waals surface area contributed by atoms with Crippen LogP contribution in [-0.2, 0) is 6.42 Å². The Morgan fingerprint density at radius 2 is 2.29 bits per heavy atom. The fourth-order valence-electron chi connectivity index (χ4n) is 1.35. The second-order valence-electron chi connectivity index (χ2n) is 4.19. The Balaban J connectivity index is 1.92. The van der Waals surface area contributed by atoms with Crippen LogP contribution >= 0.6 is 11.3 Å². The van der Waals surface area contributed by atoms with Crippen LogP contribution in [0, 0.1) is 0 Å². The largest absolute Gasteiger partial charge is 0.327 e. The van der Waals surface area contributed by atoms with Crippen LogP contribution in [0.4, 0.5) is 6.01 Å². The molecular formula is C11H16N4OS. The highest BCUT2D eigenvalue weighted by atomic mass is 32.1. The number of anilines is 1. The molecule has 0 fully saturated rings. The summed E-state index contributed by atoms with van der Waals surface area (Å²) < 4.78 is 5.21. The van der Waals surface area contributed by atoms with E-state index in [1.54, 1.807) is 11.3 Å². The second-order valence-corrected chi connectivity index (χ2v) is 5.17. The molecule has 6 heteroatoms. The fraction of sp³-hybridized carbons (Fsp3) is 0.545. The molecule has 0 saturated carbocycles. The molecule has 2 rings (SSSR count). The van der Waals surface area contributed by atoms with Crippen LogP contribution in [0.3, 0.4) is 0 Å². The highest BCUT2D eigenvalue weighted by molar-refractivity contribution is 7.09. The molecule has 0 aromatic carbocycles. The molecule has 0 radical (unpaired) electrons. The molecule has 0 aliphatic heterocycles. The maximum absolute atomic E-state index is 5.21. The summed E-state index contributed by atoms with van der Waals surface area (Å²) in [6.07, 6.45) is 2.72. The number of thiazole rings is 1. The number of rotatable bonds is 5. The molecule has 5 nitrogen and oxygen atoms in total. The van der Waals surface area contributed by atoms with Crippen LogP contribution in [0.15, 0.2) is 16.1 Å². The molecule has 92 valence electrons. The molecule has 0 spiro atoms. The number of likely N-dealkylation sites (N-methyl/N-ethyl adjacent to an activating group) is 1. The summed E-state index contributed by atoms with van der Waals surface area (Å²) in [4.78, 5) is 10.5. The molecule has 17 heavy (non-hydrogen) atoms. The molecular weight excluding hydrogens is 236 g/mol. The van der Waals surface area contributed by atoms with Crippen molar-refractivity contribution in [3.05, 3.63) is 22.4 Å². The molecule has 0 aliphatic rings. The predicted molar refractivity (Wildman–Crippen MR) is 67.5 cm³/mol. The summed E-state index contributed by atoms with van der Waals surface area (Å²) >= 11 is 1.67. The summed E-state index contributed by atoms with van der Waals surface area (Å²) in [5.74, 6) is 1.04. The van der Waals surface area contributed by atoms with Crippen molar-refractivity contribution in [1.82, 2.24) is 15.1 Å². The van der Waals surface area contributed by atoms with Gasteiger partial charge in [0, 0.05) is 37.5 Å². The van der Waals surface area contributed by atoms with Gasteiger partial charge in [-0.3, -0.25) is 0 Å². The summed E-state index contributed by atoms with van der Waals surface area (Å²) in [7, 11) is 1.95. The standard InChI is InChI=1S/C11H16N4OS/c1-8(2)10-13-11(16-14-10)15(3)6-4-9-12-5-7-17-9/h5,7-8H,4,6H2,1-3H3. The molecule has 0 aliphatic carbocycles. The van der Waals surface area contributed by atoms with Crippen molar-refractivity contribution in [2.24, 2.45) is 0 Å². The van der Waals surface area contributed by atoms with Gasteiger partial charge in [0.2, 0.25) is 0 Å². The van der Waals surface area contributed by atoms with Crippen molar-refractivity contribution in [3.63, 3.8) is 0 Å². The van der Waals surface area contributed by atoms with Crippen molar-refractivity contribution < 1.29 is 4.52 Å². The molecule has 0 saturated heterocycles. The first-order valence-corrected chi connectivity index (χ1v) is 6.48. The lowest BCUT2D eigenvalue weighted by Crippen LogP contribution is -2.20. The van der Waals surface area contributed by atoms with Crippen molar-refractivity contribution in [1.29, 1.82) is 0 Å². The van der Waals surface area contributed by atoms with Gasteiger partial charge in [0.25, 0.3) is 0 Å². The van der Waals surface area contributed by atoms with Crippen molar-refractivity contribution in [3.8, 4) is 0 Å². The summed E-state index contributed by atoms with van der Waals surface area (Å²) in [5, 5.41) is 7.05. The average Bonchev–Trinajstić information content (AvgIpc) is 2.96. The lowest BCUT2D eigenvalue weighted by atomic mass is 10.2. The Hall–Kier alpha value is -1.43. The van der Waals surface area contributed by atoms with Gasteiger partial charge < -0.3 is 9.42 Å². The van der Waals surface area contributed by atoms with Gasteiger partial charge >= 0.3 is 6.01 Å². The van der Waals surface area contributed by atoms with Crippen LogP contribution in [0.1, 0.15) is 30.6 Å². The van der Waals surface area contributed by atoms with E-state index in [4.69, 9.17) is 4.52 Å². The summed E-state index contributed by atoms with van der Waals surface area (Å²) in [6, 6.07) is 0.574. The van der Waals surface area contributed by atoms with Crippen LogP contribution in [0.25, 0.3) is 0 Å². The van der Waals surface area contributed by atoms with E-state index < -0.39 is 0 Å². The SMILES string of the molecule is CC(C)c1noc(N(C)CCc2nccs2)n1. The first kappa shape index (κ1) is 12.0. The Kier molecular flexibility index (Phi) is 3.73. The molecule has 0 unspecified atom stereocenters. The van der Waals surface area contributed by atoms with Gasteiger partial charge in [0.15, 0.2) is 5.82 Å². The second kappa shape index (κ2) is 5.27. The highest BCUT2D eigenvalue weighted by Gasteiger charge is 2.13. The monoisotopic (exact) mass is 252 g/mol. The Morgan fingerprint density at radius 1 is 1.47 bits per heavy atom. The molecule has 0 bridgehead atoms. The lowest BCUT2D eigenvalue weighted by molar-refractivity contribution is 0.408. The van der Waals surface area contributed by atoms with Gasteiger partial charge in [-0.15, -0.1) is 11.3 Å². The van der Waals surface area contributed by atoms with Crippen LogP contribution < -0.4 is 4.90 Å². The topological polar surface area (TPSA) is 55.1 Å². The van der Waals surface area contributed by atoms with Crippen molar-refractivity contribution in [2.75, 3.05) is 18.5 Å². The minimum atomic E-state index is 0.292. The zero-order chi connectivity index (χ0) is 12.3. The third kappa shape index (κ3) is 3.03. The maximum atomic E-state index is 5.21. The van der Waals surface area contributed by atoms with E-state index >= 15 is 0 Å². The average molecular weight is 252 g/mol. The summed E-state index contributed by atoms with van der Waals surface area (Å²) in [5.41, 5.74) is 0. The third-order valence-corrected chi connectivity index (χ3v) is 3.26. The van der Waals surface area contributed by atoms with E-state index in [0.717, 1.165) is 23.8 Å². The quantitative estimate of drug-likeness (QED) is 0.817. The van der Waals surface area contributed by atoms with Crippen molar-refractivity contribution in [2.45, 2.75) is 26.2 Å². The normalized spacial score (nSPS) is 11.1. The first-order valence-electron chi connectivity index (χ1n) is 5.60. The number of hydrogen-bond donors (Lipinski definition) is 0. The number of aromatic nitrogens is 3. The number of nitrogens with zero attached hydrogens (tertiary/aromatic N) is 4. The maximum Gasteiger partial charge on any atom is 0.323 e. The minimum Gasteiger partial charge on any atom is -0.327 e. The van der Waals surface area contributed by atoms with E-state index in [2.05, 4.69) is 15.1 Å². The van der Waals surface area contributed by atoms with Crippen LogP contribution in [0.2, 0.25) is 0 Å². The van der Waals surface area contributed by atoms with Gasteiger partial charge in [0.05, 0.1) is 5.01 Å². The molecule has 2 aromatic rings. The van der Waals surface area contributed by atoms with Gasteiger partial charge in [0.1, 0.15) is 0 Å². The molecule has 2 aromatic heterocycles. The molecule has 0 atom stereocenters. The van der Waals surface area contributed by atoms with E-state index in [1.807, 2.05) is 37.4 Å². The third-order valence-electron chi connectivity index (χ3n) is 2.42. The van der Waals surface area contributed by atoms with E-state index in [-0.39, 0.29) is 0 Å². The zero-order valence-corrected chi connectivity index (χ0v) is 11.1. The van der Waals surface area contributed by atoms with E-state index in [9.17, 15) is 0 Å². The van der Waals surface area contributed by atoms with Gasteiger partial charge in [-0.05, 0) is 0 Å². The van der Waals surface area contributed by atoms with E-state index in [1.165, 1.54) is 0 Å².